The maximum absolute atomic E-state index is 11.5. The van der Waals surface area contributed by atoms with Crippen LogP contribution in [-0.4, -0.2) is 24.7 Å². The van der Waals surface area contributed by atoms with E-state index in [0.29, 0.717) is 6.61 Å². The topological polar surface area (TPSA) is 48.1 Å². The van der Waals surface area contributed by atoms with E-state index in [4.69, 9.17) is 14.2 Å². The first-order valence-electron chi connectivity index (χ1n) is 9.63. The fourth-order valence-corrected chi connectivity index (χ4v) is 3.54. The van der Waals surface area contributed by atoms with Crippen molar-refractivity contribution in [3.8, 4) is 0 Å². The Bertz CT molecular complexity index is 343. The average Bonchev–Trinajstić information content (AvgIpc) is 3.26. The highest BCUT2D eigenvalue weighted by atomic mass is 16.9. The van der Waals surface area contributed by atoms with Crippen LogP contribution in [0.4, 0.5) is 4.79 Å². The fourth-order valence-electron chi connectivity index (χ4n) is 3.54. The van der Waals surface area contributed by atoms with Crippen LogP contribution in [-0.2, 0) is 14.2 Å². The number of hydrogen-bond acceptors (Lipinski definition) is 4. The zero-order valence-corrected chi connectivity index (χ0v) is 15.0. The maximum atomic E-state index is 11.5. The number of carbonyl (C=O) groups excluding carboxylic acids is 1. The molecule has 1 saturated carbocycles. The van der Waals surface area contributed by atoms with E-state index in [0.717, 1.165) is 18.8 Å². The fraction of sp³-hybridized carbons (Fsp3) is 0.947. The van der Waals surface area contributed by atoms with Gasteiger partial charge in [-0.1, -0.05) is 64.2 Å². The van der Waals surface area contributed by atoms with E-state index in [1.165, 1.54) is 64.2 Å². The predicted octanol–water partition coefficient (Wildman–Crippen LogP) is 5.59. The van der Waals surface area contributed by atoms with Crippen molar-refractivity contribution in [3.63, 3.8) is 0 Å². The molecule has 1 unspecified atom stereocenters. The van der Waals surface area contributed by atoms with Crippen LogP contribution in [0.1, 0.15) is 90.9 Å². The molecule has 0 radical (unpaired) electrons. The largest absolute Gasteiger partial charge is 0.511 e. The molecule has 2 rings (SSSR count). The highest BCUT2D eigenvalue weighted by Crippen LogP contribution is 2.35. The Hall–Kier alpha value is -0.770. The van der Waals surface area contributed by atoms with E-state index < -0.39 is 11.9 Å². The van der Waals surface area contributed by atoms with Gasteiger partial charge in [-0.3, -0.25) is 0 Å². The van der Waals surface area contributed by atoms with Gasteiger partial charge < -0.3 is 14.2 Å². The van der Waals surface area contributed by atoms with Gasteiger partial charge in [-0.25, -0.2) is 4.79 Å². The van der Waals surface area contributed by atoms with Gasteiger partial charge in [0.05, 0.1) is 6.10 Å². The van der Waals surface area contributed by atoms with Crippen molar-refractivity contribution in [2.75, 3.05) is 6.61 Å². The highest BCUT2D eigenvalue weighted by Gasteiger charge is 2.49. The molecule has 0 aromatic heterocycles. The van der Waals surface area contributed by atoms with Gasteiger partial charge in [0, 0.05) is 6.42 Å². The Morgan fingerprint density at radius 2 is 1.74 bits per heavy atom. The zero-order valence-electron chi connectivity index (χ0n) is 15.0. The van der Waals surface area contributed by atoms with Gasteiger partial charge >= 0.3 is 6.16 Å². The molecule has 0 aromatic carbocycles. The summed E-state index contributed by atoms with van der Waals surface area (Å²) in [6, 6.07) is 0. The van der Waals surface area contributed by atoms with Crippen LogP contribution in [0.25, 0.3) is 0 Å². The van der Waals surface area contributed by atoms with Crippen LogP contribution in [0.2, 0.25) is 0 Å². The summed E-state index contributed by atoms with van der Waals surface area (Å²) in [6.07, 6.45) is 15.0. The smallest absolute Gasteiger partial charge is 0.432 e. The molecule has 1 aliphatic heterocycles. The summed E-state index contributed by atoms with van der Waals surface area (Å²) in [7, 11) is 0. The number of ether oxygens (including phenoxy) is 3. The summed E-state index contributed by atoms with van der Waals surface area (Å²) in [6.45, 7) is 4.14. The molecular weight excluding hydrogens is 292 g/mol. The van der Waals surface area contributed by atoms with Crippen LogP contribution in [0.15, 0.2) is 0 Å². The first-order chi connectivity index (χ1) is 11.1. The molecule has 134 valence electrons. The second kappa shape index (κ2) is 9.51. The van der Waals surface area contributed by atoms with Crippen molar-refractivity contribution in [1.82, 2.24) is 0 Å². The summed E-state index contributed by atoms with van der Waals surface area (Å²) in [4.78, 5) is 11.5. The van der Waals surface area contributed by atoms with E-state index in [1.54, 1.807) is 0 Å². The third kappa shape index (κ3) is 7.56. The van der Waals surface area contributed by atoms with Gasteiger partial charge in [0.25, 0.3) is 0 Å². The van der Waals surface area contributed by atoms with Crippen LogP contribution >= 0.6 is 0 Å². The molecule has 4 heteroatoms. The molecule has 2 fully saturated rings. The molecule has 23 heavy (non-hydrogen) atoms. The molecule has 1 aliphatic carbocycles. The van der Waals surface area contributed by atoms with Gasteiger partial charge in [-0.05, 0) is 26.2 Å². The lowest BCUT2D eigenvalue weighted by atomic mass is 9.85. The van der Waals surface area contributed by atoms with Crippen LogP contribution in [0.3, 0.4) is 0 Å². The molecule has 4 nitrogen and oxygen atoms in total. The molecule has 0 amide bonds. The Balaban J connectivity index is 1.45. The lowest BCUT2D eigenvalue weighted by Crippen LogP contribution is -2.24. The normalized spacial score (nSPS) is 24.7. The van der Waals surface area contributed by atoms with Crippen molar-refractivity contribution in [2.45, 2.75) is 103 Å². The molecule has 0 bridgehead atoms. The summed E-state index contributed by atoms with van der Waals surface area (Å²) >= 11 is 0. The number of rotatable bonds is 10. The molecule has 1 atom stereocenters. The van der Waals surface area contributed by atoms with Gasteiger partial charge in [0.15, 0.2) is 0 Å². The van der Waals surface area contributed by atoms with E-state index in [-0.39, 0.29) is 6.10 Å². The Morgan fingerprint density at radius 3 is 2.39 bits per heavy atom. The monoisotopic (exact) mass is 326 g/mol. The molecule has 0 N–H and O–H groups in total. The maximum Gasteiger partial charge on any atom is 0.511 e. The quantitative estimate of drug-likeness (QED) is 0.298. The van der Waals surface area contributed by atoms with Gasteiger partial charge in [0.1, 0.15) is 6.61 Å². The van der Waals surface area contributed by atoms with Crippen molar-refractivity contribution in [1.29, 1.82) is 0 Å². The lowest BCUT2D eigenvalue weighted by molar-refractivity contribution is -0.0485. The molecular formula is C19H34O4. The Kier molecular flexibility index (Phi) is 7.68. The number of unbranched alkanes of at least 4 members (excludes halogenated alkanes) is 4. The second-order valence-corrected chi connectivity index (χ2v) is 7.53. The van der Waals surface area contributed by atoms with E-state index in [9.17, 15) is 4.79 Å². The minimum Gasteiger partial charge on any atom is -0.432 e. The number of carbonyl (C=O) groups is 1. The second-order valence-electron chi connectivity index (χ2n) is 7.53. The van der Waals surface area contributed by atoms with Crippen molar-refractivity contribution in [3.05, 3.63) is 0 Å². The van der Waals surface area contributed by atoms with Crippen molar-refractivity contribution >= 4 is 6.16 Å². The number of epoxide rings is 1. The van der Waals surface area contributed by atoms with E-state index in [2.05, 4.69) is 0 Å². The molecule has 1 saturated heterocycles. The summed E-state index contributed by atoms with van der Waals surface area (Å²) in [5.74, 6) is 0.334. The highest BCUT2D eigenvalue weighted by molar-refractivity contribution is 5.60. The summed E-state index contributed by atoms with van der Waals surface area (Å²) in [5, 5.41) is 0. The van der Waals surface area contributed by atoms with Crippen LogP contribution < -0.4 is 0 Å². The molecule has 0 spiro atoms. The SMILES string of the molecule is CC(C)OC(=O)OC1(CCCCCCCC2CCCCC2)CO1. The minimum absolute atomic E-state index is 0.150. The third-order valence-electron chi connectivity index (χ3n) is 4.96. The first kappa shape index (κ1) is 18.6. The van der Waals surface area contributed by atoms with E-state index in [1.807, 2.05) is 13.8 Å². The third-order valence-corrected chi connectivity index (χ3v) is 4.96. The summed E-state index contributed by atoms with van der Waals surface area (Å²) in [5.41, 5.74) is 0. The van der Waals surface area contributed by atoms with Gasteiger partial charge in [-0.2, -0.15) is 0 Å². The standard InChI is InChI=1S/C19H34O4/c1-16(2)22-18(20)23-19(15-21-19)14-10-5-3-4-7-11-17-12-8-6-9-13-17/h16-17H,3-15H2,1-2H3. The number of hydrogen-bond donors (Lipinski definition) is 0. The van der Waals surface area contributed by atoms with Crippen LogP contribution in [0, 0.1) is 5.92 Å². The lowest BCUT2D eigenvalue weighted by Gasteiger charge is -2.21. The molecule has 2 aliphatic rings. The molecule has 1 heterocycles. The predicted molar refractivity (Wildman–Crippen MR) is 90.3 cm³/mol. The van der Waals surface area contributed by atoms with E-state index >= 15 is 0 Å². The van der Waals surface area contributed by atoms with Crippen molar-refractivity contribution < 1.29 is 19.0 Å². The first-order valence-corrected chi connectivity index (χ1v) is 9.63. The minimum atomic E-state index is -0.673. The van der Waals surface area contributed by atoms with Gasteiger partial charge in [-0.15, -0.1) is 0 Å². The van der Waals surface area contributed by atoms with Gasteiger partial charge in [0.2, 0.25) is 5.79 Å². The van der Waals surface area contributed by atoms with Crippen molar-refractivity contribution in [2.24, 2.45) is 5.92 Å². The molecule has 0 aromatic rings. The average molecular weight is 326 g/mol. The summed E-state index contributed by atoms with van der Waals surface area (Å²) < 4.78 is 15.6. The Labute approximate surface area is 141 Å². The zero-order chi connectivity index (χ0) is 16.5. The Morgan fingerprint density at radius 1 is 1.09 bits per heavy atom. The van der Waals surface area contributed by atoms with Crippen LogP contribution in [0.5, 0.6) is 0 Å².